The van der Waals surface area contributed by atoms with Crippen molar-refractivity contribution in [3.05, 3.63) is 229 Å². The van der Waals surface area contributed by atoms with E-state index in [1.807, 2.05) is 42.6 Å². The highest BCUT2D eigenvalue weighted by Gasteiger charge is 2.51. The minimum absolute atomic E-state index is 0.403. The van der Waals surface area contributed by atoms with Crippen LogP contribution in [0, 0.1) is 0 Å². The number of benzene rings is 8. The van der Waals surface area contributed by atoms with Crippen molar-refractivity contribution in [2.24, 2.45) is 0 Å². The Balaban J connectivity index is 0.980. The van der Waals surface area contributed by atoms with Crippen molar-refractivity contribution in [1.82, 2.24) is 19.9 Å². The van der Waals surface area contributed by atoms with Gasteiger partial charge in [0.05, 0.1) is 10.9 Å². The third-order valence-electron chi connectivity index (χ3n) is 12.2. The van der Waals surface area contributed by atoms with Crippen LogP contribution in [0.4, 0.5) is 0 Å². The van der Waals surface area contributed by atoms with Crippen molar-refractivity contribution in [2.45, 2.75) is 5.41 Å². The minimum Gasteiger partial charge on any atom is -0.256 e. The van der Waals surface area contributed by atoms with Crippen LogP contribution in [0.2, 0.25) is 0 Å². The van der Waals surface area contributed by atoms with Gasteiger partial charge in [0.2, 0.25) is 0 Å². The Morgan fingerprint density at radius 1 is 0.288 bits per heavy atom. The fourth-order valence-corrected chi connectivity index (χ4v) is 9.60. The molecule has 2 aliphatic carbocycles. The smallest absolute Gasteiger partial charge is 0.164 e. The van der Waals surface area contributed by atoms with Crippen molar-refractivity contribution < 1.29 is 0 Å². The molecule has 4 nitrogen and oxygen atoms in total. The maximum Gasteiger partial charge on any atom is 0.164 e. The monoisotopic (exact) mass is 750 g/mol. The molecule has 0 N–H and O–H groups in total. The molecule has 4 heteroatoms. The molecule has 0 bridgehead atoms. The van der Waals surface area contributed by atoms with Crippen molar-refractivity contribution in [3.8, 4) is 78.7 Å². The molecular formula is C55H34N4. The molecule has 0 saturated carbocycles. The van der Waals surface area contributed by atoms with Crippen molar-refractivity contribution >= 4 is 10.9 Å². The molecule has 0 saturated heterocycles. The number of fused-ring (bicyclic) bond motifs is 11. The van der Waals surface area contributed by atoms with E-state index in [1.165, 1.54) is 44.5 Å². The van der Waals surface area contributed by atoms with E-state index in [-0.39, 0.29) is 0 Å². The molecular weight excluding hydrogens is 717 g/mol. The van der Waals surface area contributed by atoms with Gasteiger partial charge in [-0.25, -0.2) is 15.0 Å². The zero-order chi connectivity index (χ0) is 38.9. The Bertz CT molecular complexity index is 3210. The summed E-state index contributed by atoms with van der Waals surface area (Å²) in [6, 6.07) is 71.5. The number of para-hydroxylation sites is 1. The fourth-order valence-electron chi connectivity index (χ4n) is 9.60. The summed E-state index contributed by atoms with van der Waals surface area (Å²) >= 11 is 0. The molecule has 274 valence electrons. The first-order chi connectivity index (χ1) is 29.2. The summed E-state index contributed by atoms with van der Waals surface area (Å²) in [5.74, 6) is 1.88. The van der Waals surface area contributed by atoms with Crippen LogP contribution in [0.5, 0.6) is 0 Å². The second-order valence-corrected chi connectivity index (χ2v) is 15.4. The van der Waals surface area contributed by atoms with Crippen LogP contribution in [0.3, 0.4) is 0 Å². The van der Waals surface area contributed by atoms with Crippen LogP contribution in [0.1, 0.15) is 22.3 Å². The summed E-state index contributed by atoms with van der Waals surface area (Å²) in [5.41, 5.74) is 18.3. The summed E-state index contributed by atoms with van der Waals surface area (Å²) in [6.07, 6.45) is 1.85. The highest BCUT2D eigenvalue weighted by atomic mass is 15.0. The van der Waals surface area contributed by atoms with Gasteiger partial charge in [0, 0.05) is 33.8 Å². The van der Waals surface area contributed by atoms with Crippen LogP contribution in [0.25, 0.3) is 89.6 Å². The van der Waals surface area contributed by atoms with E-state index < -0.39 is 5.41 Å². The summed E-state index contributed by atoms with van der Waals surface area (Å²) in [5, 5.41) is 1.12. The second-order valence-electron chi connectivity index (χ2n) is 15.4. The van der Waals surface area contributed by atoms with Gasteiger partial charge in [-0.05, 0) is 79.4 Å². The Kier molecular flexibility index (Phi) is 7.41. The van der Waals surface area contributed by atoms with Crippen LogP contribution in [-0.2, 0) is 5.41 Å². The normalized spacial score (nSPS) is 12.9. The van der Waals surface area contributed by atoms with Gasteiger partial charge in [0.25, 0.3) is 0 Å². The summed E-state index contributed by atoms with van der Waals surface area (Å²) in [7, 11) is 0. The van der Waals surface area contributed by atoms with E-state index in [0.717, 1.165) is 49.8 Å². The third-order valence-corrected chi connectivity index (χ3v) is 12.2. The van der Waals surface area contributed by atoms with Crippen molar-refractivity contribution in [3.63, 3.8) is 0 Å². The van der Waals surface area contributed by atoms with E-state index >= 15 is 0 Å². The number of rotatable bonds is 5. The SMILES string of the molecule is c1ccc(-c2nc(-c3ccc(-c4cccc5cccnc45)cc3)nc(-c3cccc(-c4ccc5c(c4)C4(c6ccccc6-c6ccccc64)c4ccccc4-5)c3)n2)cc1. The molecule has 2 aromatic heterocycles. The zero-order valence-corrected chi connectivity index (χ0v) is 31.9. The van der Waals surface area contributed by atoms with Crippen LogP contribution >= 0.6 is 0 Å². The number of nitrogens with zero attached hydrogens (tertiary/aromatic N) is 4. The second kappa shape index (κ2) is 13.1. The van der Waals surface area contributed by atoms with E-state index in [2.05, 4.69) is 169 Å². The molecule has 59 heavy (non-hydrogen) atoms. The van der Waals surface area contributed by atoms with Crippen LogP contribution in [-0.4, -0.2) is 19.9 Å². The number of hydrogen-bond donors (Lipinski definition) is 0. The molecule has 0 atom stereocenters. The Labute approximate surface area is 342 Å². The molecule has 0 unspecified atom stereocenters. The van der Waals surface area contributed by atoms with Gasteiger partial charge in [-0.15, -0.1) is 0 Å². The summed E-state index contributed by atoms with van der Waals surface area (Å²) in [4.78, 5) is 20.0. The van der Waals surface area contributed by atoms with Gasteiger partial charge >= 0.3 is 0 Å². The maximum absolute atomic E-state index is 5.14. The van der Waals surface area contributed by atoms with Gasteiger partial charge in [-0.2, -0.15) is 0 Å². The van der Waals surface area contributed by atoms with Crippen molar-refractivity contribution in [2.75, 3.05) is 0 Å². The average Bonchev–Trinajstić information content (AvgIpc) is 3.79. The number of aromatic nitrogens is 4. The summed E-state index contributed by atoms with van der Waals surface area (Å²) < 4.78 is 0. The highest BCUT2D eigenvalue weighted by Crippen LogP contribution is 2.63. The maximum atomic E-state index is 5.14. The fraction of sp³-hybridized carbons (Fsp3) is 0.0182. The molecule has 2 heterocycles. The quantitative estimate of drug-likeness (QED) is 0.176. The van der Waals surface area contributed by atoms with Gasteiger partial charge in [0.1, 0.15) is 0 Å². The number of pyridine rings is 1. The molecule has 12 rings (SSSR count). The molecule has 10 aromatic rings. The minimum atomic E-state index is -0.403. The first kappa shape index (κ1) is 33.3. The molecule has 2 aliphatic rings. The Hall–Kier alpha value is -7.82. The first-order valence-corrected chi connectivity index (χ1v) is 20.0. The lowest BCUT2D eigenvalue weighted by Crippen LogP contribution is -2.25. The molecule has 8 aromatic carbocycles. The molecule has 0 radical (unpaired) electrons. The standard InChI is InChI=1S/C55H34N4/c1-2-13-37(14-3-1)52-57-53(38-28-26-35(27-29-38)42-22-11-15-36-18-12-32-56-51(36)42)59-54(58-52)41-17-10-16-39(33-41)40-30-31-46-45-21-6-9-25-49(45)55(50(46)34-40)47-23-7-4-19-43(47)44-20-5-8-24-48(44)55/h1-34H. The van der Waals surface area contributed by atoms with Crippen LogP contribution < -0.4 is 0 Å². The van der Waals surface area contributed by atoms with Gasteiger partial charge < -0.3 is 0 Å². The predicted molar refractivity (Wildman–Crippen MR) is 239 cm³/mol. The van der Waals surface area contributed by atoms with E-state index in [1.54, 1.807) is 0 Å². The lowest BCUT2D eigenvalue weighted by molar-refractivity contribution is 0.794. The molecule has 0 amide bonds. The highest BCUT2D eigenvalue weighted by molar-refractivity contribution is 5.96. The largest absolute Gasteiger partial charge is 0.256 e. The lowest BCUT2D eigenvalue weighted by atomic mass is 9.70. The van der Waals surface area contributed by atoms with Gasteiger partial charge in [-0.3, -0.25) is 4.98 Å². The van der Waals surface area contributed by atoms with E-state index in [9.17, 15) is 0 Å². The first-order valence-electron chi connectivity index (χ1n) is 20.0. The molecule has 0 aliphatic heterocycles. The van der Waals surface area contributed by atoms with Gasteiger partial charge in [-0.1, -0.05) is 182 Å². The van der Waals surface area contributed by atoms with E-state index in [4.69, 9.17) is 15.0 Å². The van der Waals surface area contributed by atoms with Gasteiger partial charge in [0.15, 0.2) is 17.5 Å². The third kappa shape index (κ3) is 5.10. The Morgan fingerprint density at radius 2 is 0.746 bits per heavy atom. The number of hydrogen-bond acceptors (Lipinski definition) is 4. The molecule has 1 spiro atoms. The lowest BCUT2D eigenvalue weighted by Gasteiger charge is -2.30. The summed E-state index contributed by atoms with van der Waals surface area (Å²) in [6.45, 7) is 0. The van der Waals surface area contributed by atoms with Crippen molar-refractivity contribution in [1.29, 1.82) is 0 Å². The van der Waals surface area contributed by atoms with Crippen LogP contribution in [0.15, 0.2) is 206 Å². The zero-order valence-electron chi connectivity index (χ0n) is 31.9. The predicted octanol–water partition coefficient (Wildman–Crippen LogP) is 13.1. The average molecular weight is 751 g/mol. The molecule has 0 fully saturated rings. The topological polar surface area (TPSA) is 51.6 Å². The Morgan fingerprint density at radius 3 is 1.42 bits per heavy atom. The van der Waals surface area contributed by atoms with E-state index in [0.29, 0.717) is 17.5 Å².